The van der Waals surface area contributed by atoms with Crippen LogP contribution < -0.4 is 10.6 Å². The van der Waals surface area contributed by atoms with Crippen LogP contribution in [0.15, 0.2) is 0 Å². The van der Waals surface area contributed by atoms with Crippen molar-refractivity contribution in [2.45, 2.75) is 91.2 Å². The Hall–Kier alpha value is -0.770. The van der Waals surface area contributed by atoms with E-state index in [1.54, 1.807) is 0 Å². The molecule has 1 atom stereocenters. The van der Waals surface area contributed by atoms with Crippen molar-refractivity contribution >= 4 is 6.09 Å². The SMILES string of the molecule is CC(C)C(CNC(=O)OC(C)(C)C)CNC1CCCCCCC1. The average molecular weight is 327 g/mol. The summed E-state index contributed by atoms with van der Waals surface area (Å²) < 4.78 is 5.32. The Morgan fingerprint density at radius 3 is 2.13 bits per heavy atom. The van der Waals surface area contributed by atoms with Crippen molar-refractivity contribution in [3.8, 4) is 0 Å². The maximum Gasteiger partial charge on any atom is 0.407 e. The number of hydrogen-bond acceptors (Lipinski definition) is 3. The van der Waals surface area contributed by atoms with Gasteiger partial charge in [-0.3, -0.25) is 0 Å². The number of amides is 1. The van der Waals surface area contributed by atoms with Gasteiger partial charge in [0.2, 0.25) is 0 Å². The van der Waals surface area contributed by atoms with Crippen LogP contribution in [0.2, 0.25) is 0 Å². The van der Waals surface area contributed by atoms with E-state index in [-0.39, 0.29) is 6.09 Å². The summed E-state index contributed by atoms with van der Waals surface area (Å²) in [5.41, 5.74) is -0.436. The van der Waals surface area contributed by atoms with Crippen molar-refractivity contribution in [2.75, 3.05) is 13.1 Å². The monoisotopic (exact) mass is 326 g/mol. The molecule has 1 aliphatic carbocycles. The zero-order valence-corrected chi connectivity index (χ0v) is 15.9. The van der Waals surface area contributed by atoms with Crippen molar-refractivity contribution in [3.05, 3.63) is 0 Å². The van der Waals surface area contributed by atoms with Gasteiger partial charge in [0, 0.05) is 19.1 Å². The summed E-state index contributed by atoms with van der Waals surface area (Å²) in [4.78, 5) is 11.8. The fourth-order valence-corrected chi connectivity index (χ4v) is 3.05. The number of rotatable bonds is 6. The van der Waals surface area contributed by atoms with Crippen molar-refractivity contribution in [1.82, 2.24) is 10.6 Å². The highest BCUT2D eigenvalue weighted by Crippen LogP contribution is 2.18. The predicted octanol–water partition coefficient (Wildman–Crippen LogP) is 4.49. The summed E-state index contributed by atoms with van der Waals surface area (Å²) in [5.74, 6) is 0.971. The molecule has 0 heterocycles. The minimum absolute atomic E-state index is 0.311. The fraction of sp³-hybridized carbons (Fsp3) is 0.947. The fourth-order valence-electron chi connectivity index (χ4n) is 3.05. The molecule has 0 aromatic carbocycles. The lowest BCUT2D eigenvalue weighted by Gasteiger charge is -2.27. The van der Waals surface area contributed by atoms with Gasteiger partial charge in [0.05, 0.1) is 0 Å². The van der Waals surface area contributed by atoms with Gasteiger partial charge in [-0.05, 0) is 45.4 Å². The Labute approximate surface area is 143 Å². The van der Waals surface area contributed by atoms with Crippen molar-refractivity contribution < 1.29 is 9.53 Å². The molecule has 0 radical (unpaired) electrons. The first-order chi connectivity index (χ1) is 10.8. The van der Waals surface area contributed by atoms with E-state index in [0.29, 0.717) is 24.4 Å². The molecular weight excluding hydrogens is 288 g/mol. The van der Waals surface area contributed by atoms with E-state index in [9.17, 15) is 4.79 Å². The van der Waals surface area contributed by atoms with Crippen LogP contribution in [0.25, 0.3) is 0 Å². The number of hydrogen-bond donors (Lipinski definition) is 2. The van der Waals surface area contributed by atoms with Crippen LogP contribution in [0, 0.1) is 11.8 Å². The van der Waals surface area contributed by atoms with Gasteiger partial charge in [0.1, 0.15) is 5.60 Å². The second-order valence-electron chi connectivity index (χ2n) is 8.34. The van der Waals surface area contributed by atoms with E-state index in [0.717, 1.165) is 6.54 Å². The molecule has 0 bridgehead atoms. The van der Waals surface area contributed by atoms with Gasteiger partial charge in [0.15, 0.2) is 0 Å². The van der Waals surface area contributed by atoms with Crippen molar-refractivity contribution in [2.24, 2.45) is 11.8 Å². The molecule has 1 saturated carbocycles. The first-order valence-corrected chi connectivity index (χ1v) is 9.48. The van der Waals surface area contributed by atoms with Crippen LogP contribution in [-0.2, 0) is 4.74 Å². The number of carbonyl (C=O) groups excluding carboxylic acids is 1. The van der Waals surface area contributed by atoms with Gasteiger partial charge in [-0.25, -0.2) is 4.79 Å². The second-order valence-corrected chi connectivity index (χ2v) is 8.34. The Kier molecular flexibility index (Phi) is 8.96. The molecule has 23 heavy (non-hydrogen) atoms. The topological polar surface area (TPSA) is 50.4 Å². The van der Waals surface area contributed by atoms with Gasteiger partial charge in [-0.1, -0.05) is 46.0 Å². The summed E-state index contributed by atoms with van der Waals surface area (Å²) in [7, 11) is 0. The number of ether oxygens (including phenoxy) is 1. The minimum atomic E-state index is -0.436. The van der Waals surface area contributed by atoms with Gasteiger partial charge in [-0.2, -0.15) is 0 Å². The lowest BCUT2D eigenvalue weighted by Crippen LogP contribution is -2.42. The van der Waals surface area contributed by atoms with E-state index >= 15 is 0 Å². The zero-order valence-electron chi connectivity index (χ0n) is 15.9. The normalized spacial score (nSPS) is 19.0. The maximum atomic E-state index is 11.8. The third-order valence-corrected chi connectivity index (χ3v) is 4.62. The maximum absolute atomic E-state index is 11.8. The largest absolute Gasteiger partial charge is 0.444 e. The van der Waals surface area contributed by atoms with Crippen LogP contribution in [0.4, 0.5) is 4.79 Å². The summed E-state index contributed by atoms with van der Waals surface area (Å²) in [6.45, 7) is 11.8. The molecule has 0 saturated heterocycles. The molecule has 4 heteroatoms. The summed E-state index contributed by atoms with van der Waals surface area (Å²) in [6.07, 6.45) is 9.14. The average Bonchev–Trinajstić information content (AvgIpc) is 2.37. The van der Waals surface area contributed by atoms with Gasteiger partial charge in [0.25, 0.3) is 0 Å². The standard InChI is InChI=1S/C19H38N2O2/c1-15(2)16(14-21-18(22)23-19(3,4)5)13-20-17-11-9-7-6-8-10-12-17/h15-17,20H,6-14H2,1-5H3,(H,21,22). The Morgan fingerprint density at radius 2 is 1.61 bits per heavy atom. The lowest BCUT2D eigenvalue weighted by molar-refractivity contribution is 0.0514. The molecular formula is C19H38N2O2. The van der Waals surface area contributed by atoms with Crippen molar-refractivity contribution in [3.63, 3.8) is 0 Å². The second kappa shape index (κ2) is 10.2. The Bertz CT molecular complexity index is 329. The van der Waals surface area contributed by atoms with Crippen molar-refractivity contribution in [1.29, 1.82) is 0 Å². The summed E-state index contributed by atoms with van der Waals surface area (Å²) in [6, 6.07) is 0.651. The molecule has 1 unspecified atom stereocenters. The third kappa shape index (κ3) is 9.85. The van der Waals surface area contributed by atoms with E-state index in [4.69, 9.17) is 4.74 Å². The molecule has 0 aromatic heterocycles. The lowest BCUT2D eigenvalue weighted by atomic mass is 9.93. The predicted molar refractivity (Wildman–Crippen MR) is 96.7 cm³/mol. The number of alkyl carbamates (subject to hydrolysis) is 1. The highest BCUT2D eigenvalue weighted by atomic mass is 16.6. The molecule has 0 spiro atoms. The molecule has 0 aromatic rings. The smallest absolute Gasteiger partial charge is 0.407 e. The van der Waals surface area contributed by atoms with E-state index in [1.165, 1.54) is 44.9 Å². The zero-order chi connectivity index (χ0) is 17.3. The Balaban J connectivity index is 2.34. The first-order valence-electron chi connectivity index (χ1n) is 9.48. The highest BCUT2D eigenvalue weighted by Gasteiger charge is 2.20. The molecule has 1 rings (SSSR count). The van der Waals surface area contributed by atoms with E-state index < -0.39 is 5.60 Å². The number of nitrogens with one attached hydrogen (secondary N) is 2. The number of carbonyl (C=O) groups is 1. The van der Waals surface area contributed by atoms with Gasteiger partial charge < -0.3 is 15.4 Å². The van der Waals surface area contributed by atoms with Crippen LogP contribution in [0.5, 0.6) is 0 Å². The van der Waals surface area contributed by atoms with Crippen LogP contribution in [-0.4, -0.2) is 30.8 Å². The van der Waals surface area contributed by atoms with Crippen LogP contribution in [0.3, 0.4) is 0 Å². The molecule has 0 aliphatic heterocycles. The third-order valence-electron chi connectivity index (χ3n) is 4.62. The summed E-state index contributed by atoms with van der Waals surface area (Å²) >= 11 is 0. The highest BCUT2D eigenvalue weighted by molar-refractivity contribution is 5.67. The van der Waals surface area contributed by atoms with E-state index in [2.05, 4.69) is 24.5 Å². The molecule has 136 valence electrons. The quantitative estimate of drug-likeness (QED) is 0.756. The van der Waals surface area contributed by atoms with Crippen LogP contribution in [0.1, 0.15) is 79.6 Å². The molecule has 2 N–H and O–H groups in total. The van der Waals surface area contributed by atoms with Gasteiger partial charge in [-0.15, -0.1) is 0 Å². The van der Waals surface area contributed by atoms with Crippen LogP contribution >= 0.6 is 0 Å². The first kappa shape index (κ1) is 20.3. The molecule has 1 amide bonds. The summed E-state index contributed by atoms with van der Waals surface area (Å²) in [5, 5.41) is 6.68. The molecule has 4 nitrogen and oxygen atoms in total. The molecule has 1 aliphatic rings. The Morgan fingerprint density at radius 1 is 1.04 bits per heavy atom. The molecule has 1 fully saturated rings. The van der Waals surface area contributed by atoms with E-state index in [1.807, 2.05) is 20.8 Å². The van der Waals surface area contributed by atoms with Gasteiger partial charge >= 0.3 is 6.09 Å². The minimum Gasteiger partial charge on any atom is -0.444 e.